The molecule has 0 amide bonds. The second-order valence-electron chi connectivity index (χ2n) is 4.01. The van der Waals surface area contributed by atoms with Crippen LogP contribution in [-0.4, -0.2) is 4.92 Å². The molecule has 20 heavy (non-hydrogen) atoms. The lowest BCUT2D eigenvalue weighted by molar-refractivity contribution is -0.384. The standard InChI is InChI=1S/C13H9BrF2N2O2/c14-9-2-1-8(12(16)5-9)7-17-13-6-10(18(19)20)3-4-11(13)15/h1-6,17H,7H2. The van der Waals surface area contributed by atoms with Crippen LogP contribution in [0.3, 0.4) is 0 Å². The van der Waals surface area contributed by atoms with Gasteiger partial charge in [-0.3, -0.25) is 10.1 Å². The van der Waals surface area contributed by atoms with Gasteiger partial charge in [0.2, 0.25) is 0 Å². The predicted octanol–water partition coefficient (Wildman–Crippen LogP) is 4.25. The lowest BCUT2D eigenvalue weighted by Crippen LogP contribution is -2.04. The number of hydrogen-bond donors (Lipinski definition) is 1. The van der Waals surface area contributed by atoms with E-state index in [0.717, 1.165) is 18.2 Å². The summed E-state index contributed by atoms with van der Waals surface area (Å²) in [5.74, 6) is -1.08. The van der Waals surface area contributed by atoms with Gasteiger partial charge in [-0.05, 0) is 18.2 Å². The molecule has 2 aromatic rings. The third-order valence-corrected chi connectivity index (χ3v) is 3.14. The molecule has 0 saturated carbocycles. The van der Waals surface area contributed by atoms with Crippen molar-refractivity contribution in [2.45, 2.75) is 6.54 Å². The van der Waals surface area contributed by atoms with Gasteiger partial charge < -0.3 is 5.32 Å². The number of nitrogens with zero attached hydrogens (tertiary/aromatic N) is 1. The topological polar surface area (TPSA) is 55.2 Å². The molecule has 0 fully saturated rings. The van der Waals surface area contributed by atoms with Crippen molar-refractivity contribution in [3.8, 4) is 0 Å². The van der Waals surface area contributed by atoms with Crippen molar-refractivity contribution in [3.63, 3.8) is 0 Å². The van der Waals surface area contributed by atoms with Crippen LogP contribution < -0.4 is 5.32 Å². The number of nitrogens with one attached hydrogen (secondary N) is 1. The Bertz CT molecular complexity index is 665. The summed E-state index contributed by atoms with van der Waals surface area (Å²) in [5.41, 5.74) is 0.0609. The Morgan fingerprint density at radius 2 is 1.90 bits per heavy atom. The van der Waals surface area contributed by atoms with Crippen LogP contribution in [0.4, 0.5) is 20.2 Å². The zero-order valence-electron chi connectivity index (χ0n) is 10.1. The van der Waals surface area contributed by atoms with Crippen LogP contribution in [0.15, 0.2) is 40.9 Å². The first-order chi connectivity index (χ1) is 9.47. The van der Waals surface area contributed by atoms with Crippen LogP contribution in [0.25, 0.3) is 0 Å². The minimum absolute atomic E-state index is 0.0250. The van der Waals surface area contributed by atoms with Gasteiger partial charge >= 0.3 is 0 Å². The highest BCUT2D eigenvalue weighted by Gasteiger charge is 2.11. The van der Waals surface area contributed by atoms with Crippen LogP contribution in [0, 0.1) is 21.7 Å². The number of hydrogen-bond acceptors (Lipinski definition) is 3. The minimum Gasteiger partial charge on any atom is -0.378 e. The number of halogens is 3. The van der Waals surface area contributed by atoms with Crippen molar-refractivity contribution in [1.82, 2.24) is 0 Å². The van der Waals surface area contributed by atoms with Gasteiger partial charge in [0, 0.05) is 28.7 Å². The number of nitro groups is 1. The summed E-state index contributed by atoms with van der Waals surface area (Å²) in [7, 11) is 0. The first-order valence-corrected chi connectivity index (χ1v) is 6.38. The average Bonchev–Trinajstić information content (AvgIpc) is 2.39. The molecule has 4 nitrogen and oxygen atoms in total. The molecule has 1 N–H and O–H groups in total. The Morgan fingerprint density at radius 1 is 1.15 bits per heavy atom. The van der Waals surface area contributed by atoms with Crippen molar-refractivity contribution in [3.05, 3.63) is 68.2 Å². The molecule has 2 rings (SSSR count). The van der Waals surface area contributed by atoms with Gasteiger partial charge in [0.15, 0.2) is 0 Å². The van der Waals surface area contributed by atoms with Crippen LogP contribution >= 0.6 is 15.9 Å². The molecular weight excluding hydrogens is 334 g/mol. The van der Waals surface area contributed by atoms with Crippen molar-refractivity contribution in [2.24, 2.45) is 0 Å². The fourth-order valence-electron chi connectivity index (χ4n) is 1.62. The molecule has 0 heterocycles. The smallest absolute Gasteiger partial charge is 0.271 e. The van der Waals surface area contributed by atoms with E-state index < -0.39 is 16.6 Å². The van der Waals surface area contributed by atoms with E-state index in [4.69, 9.17) is 0 Å². The molecule has 0 saturated heterocycles. The fourth-order valence-corrected chi connectivity index (χ4v) is 1.95. The van der Waals surface area contributed by atoms with E-state index in [1.54, 1.807) is 12.1 Å². The molecular formula is C13H9BrF2N2O2. The first kappa shape index (κ1) is 14.4. The molecule has 0 atom stereocenters. The summed E-state index contributed by atoms with van der Waals surface area (Å²) in [6.07, 6.45) is 0. The highest BCUT2D eigenvalue weighted by molar-refractivity contribution is 9.10. The largest absolute Gasteiger partial charge is 0.378 e. The van der Waals surface area contributed by atoms with Gasteiger partial charge in [-0.25, -0.2) is 8.78 Å². The van der Waals surface area contributed by atoms with E-state index in [9.17, 15) is 18.9 Å². The molecule has 104 valence electrons. The third-order valence-electron chi connectivity index (χ3n) is 2.65. The maximum absolute atomic E-state index is 13.6. The first-order valence-electron chi connectivity index (χ1n) is 5.59. The van der Waals surface area contributed by atoms with Crippen LogP contribution in [0.1, 0.15) is 5.56 Å². The summed E-state index contributed by atoms with van der Waals surface area (Å²) >= 11 is 3.13. The van der Waals surface area contributed by atoms with Crippen LogP contribution in [0.5, 0.6) is 0 Å². The molecule has 0 aliphatic carbocycles. The van der Waals surface area contributed by atoms with Gasteiger partial charge in [-0.15, -0.1) is 0 Å². The molecule has 0 aliphatic rings. The lowest BCUT2D eigenvalue weighted by atomic mass is 10.2. The van der Waals surface area contributed by atoms with E-state index in [0.29, 0.717) is 10.0 Å². The highest BCUT2D eigenvalue weighted by atomic mass is 79.9. The number of non-ortho nitro benzene ring substituents is 1. The van der Waals surface area contributed by atoms with Gasteiger partial charge in [-0.2, -0.15) is 0 Å². The van der Waals surface area contributed by atoms with E-state index in [1.807, 2.05) is 0 Å². The Labute approximate surface area is 121 Å². The highest BCUT2D eigenvalue weighted by Crippen LogP contribution is 2.22. The summed E-state index contributed by atoms with van der Waals surface area (Å²) in [4.78, 5) is 10.0. The number of benzene rings is 2. The van der Waals surface area contributed by atoms with E-state index in [1.165, 1.54) is 6.07 Å². The third kappa shape index (κ3) is 3.30. The van der Waals surface area contributed by atoms with Gasteiger partial charge in [0.25, 0.3) is 5.69 Å². The second kappa shape index (κ2) is 5.96. The summed E-state index contributed by atoms with van der Waals surface area (Å²) in [6, 6.07) is 7.64. The monoisotopic (exact) mass is 342 g/mol. The van der Waals surface area contributed by atoms with Crippen LogP contribution in [-0.2, 0) is 6.54 Å². The zero-order valence-corrected chi connectivity index (χ0v) is 11.7. The van der Waals surface area contributed by atoms with Crippen molar-refractivity contribution in [1.29, 1.82) is 0 Å². The van der Waals surface area contributed by atoms with Crippen LogP contribution in [0.2, 0.25) is 0 Å². The fraction of sp³-hybridized carbons (Fsp3) is 0.0769. The average molecular weight is 343 g/mol. The van der Waals surface area contributed by atoms with Crippen molar-refractivity contribution in [2.75, 3.05) is 5.32 Å². The number of rotatable bonds is 4. The van der Waals surface area contributed by atoms with E-state index in [2.05, 4.69) is 21.2 Å². The Balaban J connectivity index is 2.18. The Kier molecular flexibility index (Phi) is 4.29. The van der Waals surface area contributed by atoms with Gasteiger partial charge in [0.05, 0.1) is 10.6 Å². The molecule has 2 aromatic carbocycles. The number of nitro benzene ring substituents is 1. The lowest BCUT2D eigenvalue weighted by Gasteiger charge is -2.08. The Morgan fingerprint density at radius 3 is 2.55 bits per heavy atom. The molecule has 0 radical (unpaired) electrons. The molecule has 0 bridgehead atoms. The van der Waals surface area contributed by atoms with Gasteiger partial charge in [0.1, 0.15) is 11.6 Å². The van der Waals surface area contributed by atoms with Crippen molar-refractivity contribution < 1.29 is 13.7 Å². The molecule has 0 unspecified atom stereocenters. The minimum atomic E-state index is -0.631. The predicted molar refractivity (Wildman–Crippen MR) is 74.5 cm³/mol. The maximum atomic E-state index is 13.6. The second-order valence-corrected chi connectivity index (χ2v) is 4.93. The zero-order chi connectivity index (χ0) is 14.7. The van der Waals surface area contributed by atoms with Crippen molar-refractivity contribution >= 4 is 27.3 Å². The van der Waals surface area contributed by atoms with E-state index >= 15 is 0 Å². The summed E-state index contributed by atoms with van der Waals surface area (Å²) < 4.78 is 27.7. The summed E-state index contributed by atoms with van der Waals surface area (Å²) in [5, 5.41) is 13.3. The van der Waals surface area contributed by atoms with Gasteiger partial charge in [-0.1, -0.05) is 22.0 Å². The number of anilines is 1. The maximum Gasteiger partial charge on any atom is 0.271 e. The summed E-state index contributed by atoms with van der Waals surface area (Å²) in [6.45, 7) is 0.0250. The quantitative estimate of drug-likeness (QED) is 0.667. The Hall–Kier alpha value is -2.02. The SMILES string of the molecule is O=[N+]([O-])c1ccc(F)c(NCc2ccc(Br)cc2F)c1. The molecule has 0 aliphatic heterocycles. The molecule has 0 aromatic heterocycles. The van der Waals surface area contributed by atoms with E-state index in [-0.39, 0.29) is 17.9 Å². The molecule has 0 spiro atoms. The molecule has 7 heteroatoms. The normalized spacial score (nSPS) is 10.3.